The molecule has 0 unspecified atom stereocenters. The predicted molar refractivity (Wildman–Crippen MR) is 87.1 cm³/mol. The molecule has 5 nitrogen and oxygen atoms in total. The van der Waals surface area contributed by atoms with Crippen molar-refractivity contribution in [3.05, 3.63) is 36.4 Å². The van der Waals surface area contributed by atoms with E-state index in [-0.39, 0.29) is 5.91 Å². The van der Waals surface area contributed by atoms with Crippen LogP contribution in [-0.2, 0) is 4.43 Å². The lowest BCUT2D eigenvalue weighted by Crippen LogP contribution is -2.12. The molecule has 3 rings (SSSR count). The van der Waals surface area contributed by atoms with E-state index in [0.717, 1.165) is 40.7 Å². The molecule has 0 N–H and O–H groups in total. The van der Waals surface area contributed by atoms with Gasteiger partial charge in [-0.05, 0) is 35.4 Å². The Labute approximate surface area is 131 Å². The van der Waals surface area contributed by atoms with Crippen molar-refractivity contribution in [1.29, 1.82) is 0 Å². The fourth-order valence-electron chi connectivity index (χ4n) is 2.47. The van der Waals surface area contributed by atoms with E-state index in [1.807, 2.05) is 36.4 Å². The molecule has 0 saturated heterocycles. The summed E-state index contributed by atoms with van der Waals surface area (Å²) < 4.78 is 6.47. The topological polar surface area (TPSA) is 57.0 Å². The van der Waals surface area contributed by atoms with E-state index in [1.165, 1.54) is 4.68 Å². The molecule has 0 fully saturated rings. The summed E-state index contributed by atoms with van der Waals surface area (Å²) >= 11 is 0. The van der Waals surface area contributed by atoms with Crippen LogP contribution in [0.2, 0.25) is 6.04 Å². The van der Waals surface area contributed by atoms with Crippen LogP contribution in [0.4, 0.5) is 0 Å². The smallest absolute Gasteiger partial charge is 0.248 e. The first-order valence-corrected chi connectivity index (χ1v) is 8.44. The van der Waals surface area contributed by atoms with Crippen molar-refractivity contribution in [3.63, 3.8) is 0 Å². The monoisotopic (exact) mass is 311 g/mol. The number of hydrogen-bond acceptors (Lipinski definition) is 4. The van der Waals surface area contributed by atoms with Crippen molar-refractivity contribution in [2.45, 2.75) is 25.3 Å². The van der Waals surface area contributed by atoms with Crippen molar-refractivity contribution in [2.75, 3.05) is 7.11 Å². The Morgan fingerprint density at radius 1 is 1.23 bits per heavy atom. The summed E-state index contributed by atoms with van der Waals surface area (Å²) in [5.41, 5.74) is 1.54. The van der Waals surface area contributed by atoms with E-state index in [2.05, 4.69) is 10.3 Å². The lowest BCUT2D eigenvalue weighted by atomic mass is 10.1. The number of carbonyl (C=O) groups is 1. The summed E-state index contributed by atoms with van der Waals surface area (Å²) in [6.07, 6.45) is 2.33. The van der Waals surface area contributed by atoms with Gasteiger partial charge in [-0.3, -0.25) is 4.79 Å². The Bertz CT molecular complexity index is 800. The first-order chi connectivity index (χ1) is 10.8. The molecule has 0 saturated carbocycles. The first-order valence-electron chi connectivity index (χ1n) is 7.33. The van der Waals surface area contributed by atoms with Gasteiger partial charge in [-0.2, -0.15) is 4.68 Å². The minimum Gasteiger partial charge on any atom is -0.421 e. The Morgan fingerprint density at radius 3 is 2.77 bits per heavy atom. The van der Waals surface area contributed by atoms with Crippen molar-refractivity contribution >= 4 is 37.5 Å². The fourth-order valence-corrected chi connectivity index (χ4v) is 3.07. The van der Waals surface area contributed by atoms with Crippen molar-refractivity contribution in [1.82, 2.24) is 15.0 Å². The van der Waals surface area contributed by atoms with Gasteiger partial charge in [-0.1, -0.05) is 35.9 Å². The molecule has 1 heterocycles. The van der Waals surface area contributed by atoms with Gasteiger partial charge in [0.05, 0.1) is 5.52 Å². The molecule has 2 radical (unpaired) electrons. The van der Waals surface area contributed by atoms with E-state index in [1.54, 1.807) is 7.11 Å². The van der Waals surface area contributed by atoms with Crippen LogP contribution in [0.3, 0.4) is 0 Å². The minimum absolute atomic E-state index is 0.00136. The van der Waals surface area contributed by atoms with Gasteiger partial charge >= 0.3 is 0 Å². The second-order valence-electron chi connectivity index (χ2n) is 5.14. The highest BCUT2D eigenvalue weighted by atomic mass is 28.2. The lowest BCUT2D eigenvalue weighted by molar-refractivity contribution is 0.0887. The van der Waals surface area contributed by atoms with E-state index in [9.17, 15) is 4.79 Å². The zero-order valence-corrected chi connectivity index (χ0v) is 13.5. The largest absolute Gasteiger partial charge is 0.421 e. The Morgan fingerprint density at radius 2 is 2.00 bits per heavy atom. The van der Waals surface area contributed by atoms with Gasteiger partial charge in [0.2, 0.25) is 15.7 Å². The molecule has 1 aromatic heterocycles. The zero-order valence-electron chi connectivity index (χ0n) is 12.5. The molecule has 0 amide bonds. The summed E-state index contributed by atoms with van der Waals surface area (Å²) in [6.45, 7) is 0. The van der Waals surface area contributed by atoms with Crippen LogP contribution >= 0.6 is 0 Å². The van der Waals surface area contributed by atoms with Gasteiger partial charge in [-0.25, -0.2) is 0 Å². The molecule has 6 heteroatoms. The molecule has 0 aliphatic carbocycles. The van der Waals surface area contributed by atoms with Crippen LogP contribution in [0, 0.1) is 0 Å². The van der Waals surface area contributed by atoms with E-state index in [4.69, 9.17) is 4.43 Å². The third-order valence-corrected chi connectivity index (χ3v) is 4.46. The van der Waals surface area contributed by atoms with Gasteiger partial charge in [0, 0.05) is 13.5 Å². The number of benzene rings is 2. The number of carbonyl (C=O) groups excluding carboxylic acids is 1. The maximum atomic E-state index is 12.3. The average molecular weight is 311 g/mol. The standard InChI is InChI=1S/C16H17N3O2Si/c1-21-22-9-5-4-8-16(20)19-15-11-13-7-3-2-6-12(13)10-14(15)17-18-19/h2-3,6-7,10-11H,4-5,8-9H2,1H3. The Balaban J connectivity index is 1.78. The predicted octanol–water partition coefficient (Wildman–Crippen LogP) is 3.08. The number of rotatable bonds is 6. The summed E-state index contributed by atoms with van der Waals surface area (Å²) in [6, 6.07) is 13.0. The quantitative estimate of drug-likeness (QED) is 0.518. The molecule has 0 bridgehead atoms. The molecular formula is C16H17N3O2Si. The van der Waals surface area contributed by atoms with E-state index in [0.29, 0.717) is 16.2 Å². The highest BCUT2D eigenvalue weighted by molar-refractivity contribution is 6.26. The molecule has 0 aliphatic rings. The molecule has 112 valence electrons. The number of unbranched alkanes of at least 4 members (excludes halogenated alkanes) is 1. The third-order valence-electron chi connectivity index (χ3n) is 3.61. The second-order valence-corrected chi connectivity index (χ2v) is 6.34. The number of aromatic nitrogens is 3. The maximum Gasteiger partial charge on any atom is 0.248 e. The summed E-state index contributed by atoms with van der Waals surface area (Å²) in [7, 11) is 2.22. The molecule has 0 atom stereocenters. The highest BCUT2D eigenvalue weighted by Gasteiger charge is 2.12. The number of nitrogens with zero attached hydrogens (tertiary/aromatic N) is 3. The number of hydrogen-bond donors (Lipinski definition) is 0. The van der Waals surface area contributed by atoms with Crippen LogP contribution in [0.5, 0.6) is 0 Å². The van der Waals surface area contributed by atoms with Gasteiger partial charge in [0.15, 0.2) is 0 Å². The van der Waals surface area contributed by atoms with Crippen LogP contribution in [0.25, 0.3) is 21.8 Å². The van der Waals surface area contributed by atoms with E-state index < -0.39 is 0 Å². The minimum atomic E-state index is -0.00136. The molecule has 2 aromatic carbocycles. The van der Waals surface area contributed by atoms with Crippen LogP contribution in [0.1, 0.15) is 24.1 Å². The lowest BCUT2D eigenvalue weighted by Gasteiger charge is -2.02. The molecule has 3 aromatic rings. The SMILES string of the molecule is CO[Si]CCCCC(=O)n1nnc2cc3ccccc3cc21. The average Bonchev–Trinajstić information content (AvgIpc) is 2.95. The zero-order chi connectivity index (χ0) is 15.4. The molecule has 0 spiro atoms. The molecular weight excluding hydrogens is 294 g/mol. The maximum absolute atomic E-state index is 12.3. The fraction of sp³-hybridized carbons (Fsp3) is 0.312. The van der Waals surface area contributed by atoms with Crippen molar-refractivity contribution in [3.8, 4) is 0 Å². The van der Waals surface area contributed by atoms with Gasteiger partial charge < -0.3 is 4.43 Å². The summed E-state index contributed by atoms with van der Waals surface area (Å²) in [5.74, 6) is -0.00136. The second kappa shape index (κ2) is 6.80. The number of fused-ring (bicyclic) bond motifs is 2. The van der Waals surface area contributed by atoms with Gasteiger partial charge in [0.25, 0.3) is 0 Å². The van der Waals surface area contributed by atoms with E-state index >= 15 is 0 Å². The normalized spacial score (nSPS) is 11.3. The Kier molecular flexibility index (Phi) is 4.60. The first kappa shape index (κ1) is 14.9. The summed E-state index contributed by atoms with van der Waals surface area (Å²) in [5, 5.41) is 10.3. The Hall–Kier alpha value is -2.05. The van der Waals surface area contributed by atoms with Crippen molar-refractivity contribution in [2.24, 2.45) is 0 Å². The van der Waals surface area contributed by atoms with Gasteiger partial charge in [-0.15, -0.1) is 5.10 Å². The third kappa shape index (κ3) is 3.07. The van der Waals surface area contributed by atoms with Crippen molar-refractivity contribution < 1.29 is 9.22 Å². The molecule has 22 heavy (non-hydrogen) atoms. The van der Waals surface area contributed by atoms with Crippen LogP contribution in [-0.4, -0.2) is 37.8 Å². The molecule has 0 aliphatic heterocycles. The van der Waals surface area contributed by atoms with Crippen LogP contribution < -0.4 is 0 Å². The highest BCUT2D eigenvalue weighted by Crippen LogP contribution is 2.21. The summed E-state index contributed by atoms with van der Waals surface area (Å²) in [4.78, 5) is 12.3. The van der Waals surface area contributed by atoms with Crippen LogP contribution in [0.15, 0.2) is 36.4 Å². The van der Waals surface area contributed by atoms with Gasteiger partial charge in [0.1, 0.15) is 5.52 Å².